The van der Waals surface area contributed by atoms with Crippen molar-refractivity contribution in [3.8, 4) is 0 Å². The maximum Gasteiger partial charge on any atom is 0.305 e. The summed E-state index contributed by atoms with van der Waals surface area (Å²) in [5.41, 5.74) is 0. The molecule has 54 heavy (non-hydrogen) atoms. The quantitative estimate of drug-likeness (QED) is 0.0494. The van der Waals surface area contributed by atoms with Gasteiger partial charge in [0.2, 0.25) is 0 Å². The topological polar surface area (TPSA) is 72.8 Å². The fourth-order valence-electron chi connectivity index (χ4n) is 7.49. The van der Waals surface area contributed by atoms with Crippen LogP contribution in [0.15, 0.2) is 0 Å². The van der Waals surface area contributed by atoms with Gasteiger partial charge in [0.1, 0.15) is 19.3 Å². The molecule has 0 aromatic rings. The number of unbranched alkanes of at least 4 members (excludes halogenated alkanes) is 31. The number of carbonyl (C=O) groups is 2. The summed E-state index contributed by atoms with van der Waals surface area (Å²) in [6, 6.07) is 0. The molecule has 0 aliphatic rings. The van der Waals surface area contributed by atoms with Crippen LogP contribution in [0.3, 0.4) is 0 Å². The van der Waals surface area contributed by atoms with Crippen molar-refractivity contribution in [1.82, 2.24) is 0 Å². The van der Waals surface area contributed by atoms with E-state index in [4.69, 9.17) is 9.47 Å². The van der Waals surface area contributed by atoms with Gasteiger partial charge >= 0.3 is 11.9 Å². The van der Waals surface area contributed by atoms with E-state index in [1.165, 1.54) is 205 Å². The number of hydrogen-bond donors (Lipinski definition) is 1. The van der Waals surface area contributed by atoms with Gasteiger partial charge in [0.05, 0.1) is 0 Å². The number of rotatable bonds is 44. The summed E-state index contributed by atoms with van der Waals surface area (Å²) < 4.78 is 10.4. The predicted octanol–water partition coefficient (Wildman–Crippen LogP) is 15.6. The predicted molar refractivity (Wildman–Crippen MR) is 233 cm³/mol. The van der Waals surface area contributed by atoms with Crippen molar-refractivity contribution >= 4 is 11.9 Å². The van der Waals surface area contributed by atoms with E-state index in [9.17, 15) is 14.7 Å². The second-order valence-corrected chi connectivity index (χ2v) is 17.7. The lowest BCUT2D eigenvalue weighted by Gasteiger charge is -2.12. The molecule has 0 radical (unpaired) electrons. The maximum absolute atomic E-state index is 12.0. The Bertz CT molecular complexity index is 767. The van der Waals surface area contributed by atoms with Crippen molar-refractivity contribution in [1.29, 1.82) is 0 Å². The molecule has 5 nitrogen and oxygen atoms in total. The van der Waals surface area contributed by atoms with Gasteiger partial charge in [-0.2, -0.15) is 0 Å². The first-order valence-corrected chi connectivity index (χ1v) is 24.3. The highest BCUT2D eigenvalue weighted by Gasteiger charge is 2.12. The summed E-state index contributed by atoms with van der Waals surface area (Å²) in [6.45, 7) is 9.12. The molecular weight excluding hydrogens is 669 g/mol. The lowest BCUT2D eigenvalue weighted by atomic mass is 9.99. The van der Waals surface area contributed by atoms with Crippen LogP contribution in [0.1, 0.15) is 272 Å². The molecule has 1 unspecified atom stereocenters. The molecule has 322 valence electrons. The molecule has 0 aliphatic heterocycles. The van der Waals surface area contributed by atoms with Crippen LogP contribution in [-0.2, 0) is 19.1 Å². The van der Waals surface area contributed by atoms with E-state index < -0.39 is 6.10 Å². The third kappa shape index (κ3) is 43.6. The fraction of sp³-hybridized carbons (Fsp3) is 0.959. The average molecular weight is 765 g/mol. The highest BCUT2D eigenvalue weighted by atomic mass is 16.6. The van der Waals surface area contributed by atoms with Crippen LogP contribution in [-0.4, -0.2) is 36.4 Å². The minimum atomic E-state index is -0.957. The van der Waals surface area contributed by atoms with Gasteiger partial charge in [0.25, 0.3) is 0 Å². The van der Waals surface area contributed by atoms with Crippen LogP contribution in [0.5, 0.6) is 0 Å². The van der Waals surface area contributed by atoms with Crippen molar-refractivity contribution in [3.05, 3.63) is 0 Å². The van der Waals surface area contributed by atoms with Gasteiger partial charge in [-0.05, 0) is 24.7 Å². The molecule has 0 amide bonds. The van der Waals surface area contributed by atoms with E-state index in [1.807, 2.05) is 0 Å². The molecule has 0 aromatic carbocycles. The van der Waals surface area contributed by atoms with E-state index >= 15 is 0 Å². The molecule has 0 saturated heterocycles. The molecule has 0 fully saturated rings. The first-order valence-electron chi connectivity index (χ1n) is 24.3. The summed E-state index contributed by atoms with van der Waals surface area (Å²) in [7, 11) is 0. The van der Waals surface area contributed by atoms with Gasteiger partial charge in [-0.25, -0.2) is 0 Å². The first kappa shape index (κ1) is 52.9. The number of carbonyl (C=O) groups excluding carboxylic acids is 2. The van der Waals surface area contributed by atoms with E-state index in [-0.39, 0.29) is 25.2 Å². The van der Waals surface area contributed by atoms with Gasteiger partial charge in [-0.3, -0.25) is 9.59 Å². The highest BCUT2D eigenvalue weighted by Crippen LogP contribution is 2.18. The largest absolute Gasteiger partial charge is 0.463 e. The molecule has 0 bridgehead atoms. The monoisotopic (exact) mass is 765 g/mol. The van der Waals surface area contributed by atoms with Crippen molar-refractivity contribution in [2.75, 3.05) is 13.2 Å². The number of ether oxygens (including phenoxy) is 2. The number of aliphatic hydroxyl groups excluding tert-OH is 1. The molecule has 5 heteroatoms. The lowest BCUT2D eigenvalue weighted by Crippen LogP contribution is -2.25. The molecule has 2 atom stereocenters. The summed E-state index contributed by atoms with van der Waals surface area (Å²) >= 11 is 0. The van der Waals surface area contributed by atoms with Crippen LogP contribution in [0.2, 0.25) is 0 Å². The Morgan fingerprint density at radius 2 is 0.630 bits per heavy atom. The highest BCUT2D eigenvalue weighted by molar-refractivity contribution is 5.69. The maximum atomic E-state index is 12.0. The van der Waals surface area contributed by atoms with Gasteiger partial charge in [0, 0.05) is 12.8 Å². The molecule has 0 rings (SSSR count). The Balaban J connectivity index is 3.35. The molecule has 0 saturated carbocycles. The average Bonchev–Trinajstić information content (AvgIpc) is 3.16. The van der Waals surface area contributed by atoms with Crippen LogP contribution < -0.4 is 0 Å². The smallest absolute Gasteiger partial charge is 0.305 e. The zero-order valence-electron chi connectivity index (χ0n) is 37.1. The normalized spacial score (nSPS) is 12.7. The standard InChI is InChI=1S/C49H96O5/c1-5-46(4)40-36-32-28-24-20-16-12-8-6-7-9-13-17-21-25-29-33-37-41-48(51)53-43-47(50)44-54-49(52)42-38-34-30-26-22-18-14-10-11-15-19-23-27-31-35-39-45(2)3/h45-47,50H,5-44H2,1-4H3/t46?,47-/m0/s1. The van der Waals surface area contributed by atoms with Crippen molar-refractivity contribution in [3.63, 3.8) is 0 Å². The summed E-state index contributed by atoms with van der Waals surface area (Å²) in [5.74, 6) is 1.23. The zero-order chi connectivity index (χ0) is 39.6. The van der Waals surface area contributed by atoms with E-state index in [1.54, 1.807) is 0 Å². The first-order chi connectivity index (χ1) is 26.3. The molecule has 1 N–H and O–H groups in total. The lowest BCUT2D eigenvalue weighted by molar-refractivity contribution is -0.152. The van der Waals surface area contributed by atoms with Crippen molar-refractivity contribution in [2.24, 2.45) is 11.8 Å². The third-order valence-corrected chi connectivity index (χ3v) is 11.6. The number of esters is 2. The zero-order valence-corrected chi connectivity index (χ0v) is 37.1. The van der Waals surface area contributed by atoms with Crippen LogP contribution in [0.4, 0.5) is 0 Å². The molecular formula is C49H96O5. The molecule has 0 aliphatic carbocycles. The second-order valence-electron chi connectivity index (χ2n) is 17.7. The fourth-order valence-corrected chi connectivity index (χ4v) is 7.49. The van der Waals surface area contributed by atoms with Crippen LogP contribution in [0, 0.1) is 11.8 Å². The summed E-state index contributed by atoms with van der Waals surface area (Å²) in [5, 5.41) is 10.1. The number of hydrogen-bond acceptors (Lipinski definition) is 5. The SMILES string of the molecule is CCC(C)CCCCCCCCCCCCCCCCCCCCC(=O)OC[C@H](O)COC(=O)CCCCCCCCCCCCCCCCCC(C)C. The Labute approximate surface area is 338 Å². The molecule has 0 spiro atoms. The summed E-state index contributed by atoms with van der Waals surface area (Å²) in [6.07, 6.45) is 47.4. The Kier molecular flexibility index (Phi) is 42.2. The van der Waals surface area contributed by atoms with E-state index in [0.717, 1.165) is 37.5 Å². The minimum absolute atomic E-state index is 0.108. The Morgan fingerprint density at radius 1 is 0.389 bits per heavy atom. The van der Waals surface area contributed by atoms with E-state index in [0.29, 0.717) is 12.8 Å². The van der Waals surface area contributed by atoms with E-state index in [2.05, 4.69) is 27.7 Å². The van der Waals surface area contributed by atoms with Gasteiger partial charge < -0.3 is 14.6 Å². The van der Waals surface area contributed by atoms with Crippen molar-refractivity contribution < 1.29 is 24.2 Å². The van der Waals surface area contributed by atoms with Gasteiger partial charge in [-0.1, -0.05) is 246 Å². The van der Waals surface area contributed by atoms with Gasteiger partial charge in [0.15, 0.2) is 0 Å². The second kappa shape index (κ2) is 43.0. The van der Waals surface area contributed by atoms with Crippen LogP contribution in [0.25, 0.3) is 0 Å². The third-order valence-electron chi connectivity index (χ3n) is 11.6. The molecule has 0 heterocycles. The van der Waals surface area contributed by atoms with Crippen molar-refractivity contribution in [2.45, 2.75) is 278 Å². The molecule has 0 aromatic heterocycles. The minimum Gasteiger partial charge on any atom is -0.463 e. The Hall–Kier alpha value is -1.10. The van der Waals surface area contributed by atoms with Gasteiger partial charge in [-0.15, -0.1) is 0 Å². The number of aliphatic hydroxyl groups is 1. The van der Waals surface area contributed by atoms with Crippen LogP contribution >= 0.6 is 0 Å². The summed E-state index contributed by atoms with van der Waals surface area (Å²) in [4.78, 5) is 24.1. The Morgan fingerprint density at radius 3 is 0.889 bits per heavy atom.